The summed E-state index contributed by atoms with van der Waals surface area (Å²) in [5.41, 5.74) is 0. The van der Waals surface area contributed by atoms with Crippen LogP contribution in [0.3, 0.4) is 0 Å². The fourth-order valence-electron chi connectivity index (χ4n) is 0.896. The molecule has 3 N–H and O–H groups in total. The van der Waals surface area contributed by atoms with Crippen LogP contribution >= 0.6 is 0 Å². The van der Waals surface area contributed by atoms with Gasteiger partial charge in [-0.1, -0.05) is 0 Å². The lowest BCUT2D eigenvalue weighted by Crippen LogP contribution is -2.45. The van der Waals surface area contributed by atoms with Crippen molar-refractivity contribution >= 4 is 20.0 Å². The fraction of sp³-hybridized carbons (Fsp3) is 1.00. The number of primary sulfonamides is 1. The van der Waals surface area contributed by atoms with E-state index >= 15 is 0 Å². The molecule has 1 rings (SSSR count). The van der Waals surface area contributed by atoms with Crippen molar-refractivity contribution in [3.8, 4) is 0 Å². The lowest BCUT2D eigenvalue weighted by atomic mass is 10.8. The van der Waals surface area contributed by atoms with Crippen LogP contribution in [-0.4, -0.2) is 28.0 Å². The van der Waals surface area contributed by atoms with Gasteiger partial charge in [-0.15, -0.1) is 0 Å². The van der Waals surface area contributed by atoms with Crippen LogP contribution in [0.15, 0.2) is 0 Å². The summed E-state index contributed by atoms with van der Waals surface area (Å²) in [4.78, 5) is -1.42. The zero-order valence-corrected chi connectivity index (χ0v) is 8.07. The van der Waals surface area contributed by atoms with Crippen molar-refractivity contribution in [1.29, 1.82) is 0 Å². The van der Waals surface area contributed by atoms with Crippen molar-refractivity contribution < 1.29 is 16.8 Å². The summed E-state index contributed by atoms with van der Waals surface area (Å²) in [6.07, 6.45) is 1.40. The smallest absolute Gasteiger partial charge is 0.227 e. The molecular formula is C4H10N2O4S2. The van der Waals surface area contributed by atoms with Crippen molar-refractivity contribution in [1.82, 2.24) is 4.72 Å². The molecule has 6 nitrogen and oxygen atoms in total. The third-order valence-electron chi connectivity index (χ3n) is 1.62. The third-order valence-corrected chi connectivity index (χ3v) is 4.11. The summed E-state index contributed by atoms with van der Waals surface area (Å²) in [6.45, 7) is 0. The minimum atomic E-state index is -3.81. The first-order valence-electron chi connectivity index (χ1n) is 3.18. The number of hydrogen-bond acceptors (Lipinski definition) is 4. The average Bonchev–Trinajstić information content (AvgIpc) is 2.39. The summed E-state index contributed by atoms with van der Waals surface area (Å²) in [5, 5.41) is 4.83. The Morgan fingerprint density at radius 3 is 1.75 bits per heavy atom. The van der Waals surface area contributed by atoms with E-state index in [1.165, 1.54) is 0 Å². The van der Waals surface area contributed by atoms with Crippen LogP contribution in [0.5, 0.6) is 0 Å². The molecule has 1 fully saturated rings. The highest BCUT2D eigenvalue weighted by Crippen LogP contribution is 2.39. The van der Waals surface area contributed by atoms with Gasteiger partial charge in [0.2, 0.25) is 20.0 Å². The number of sulfonamides is 2. The topological polar surface area (TPSA) is 106 Å². The second-order valence-corrected chi connectivity index (χ2v) is 6.53. The molecule has 8 heteroatoms. The van der Waals surface area contributed by atoms with Crippen molar-refractivity contribution in [2.75, 3.05) is 6.26 Å². The number of hydrogen-bond donors (Lipinski definition) is 2. The standard InChI is InChI=1S/C4H10N2O4S2/c1-11(7,8)6-4(2-3-4)12(5,9)10/h6H,2-3H2,1H3,(H2,5,9,10). The Labute approximate surface area is 71.2 Å². The van der Waals surface area contributed by atoms with E-state index in [1.54, 1.807) is 0 Å². The average molecular weight is 214 g/mol. The highest BCUT2D eigenvalue weighted by atomic mass is 32.2. The second-order valence-electron chi connectivity index (χ2n) is 2.91. The Morgan fingerprint density at radius 2 is 1.67 bits per heavy atom. The van der Waals surface area contributed by atoms with Crippen LogP contribution in [0.1, 0.15) is 12.8 Å². The van der Waals surface area contributed by atoms with Crippen LogP contribution in [-0.2, 0) is 20.0 Å². The maximum absolute atomic E-state index is 10.8. The summed E-state index contributed by atoms with van der Waals surface area (Å²) in [6, 6.07) is 0. The van der Waals surface area contributed by atoms with E-state index in [0.29, 0.717) is 0 Å². The SMILES string of the molecule is CS(=O)(=O)NC1(S(N)(=O)=O)CC1. The highest BCUT2D eigenvalue weighted by Gasteiger charge is 2.54. The van der Waals surface area contributed by atoms with Gasteiger partial charge in [-0.3, -0.25) is 0 Å². The Balaban J connectivity index is 2.92. The van der Waals surface area contributed by atoms with Crippen LogP contribution < -0.4 is 9.86 Å². The first-order valence-corrected chi connectivity index (χ1v) is 6.61. The van der Waals surface area contributed by atoms with Crippen molar-refractivity contribution in [2.24, 2.45) is 5.14 Å². The summed E-state index contributed by atoms with van der Waals surface area (Å²) >= 11 is 0. The first kappa shape index (κ1) is 9.90. The summed E-state index contributed by atoms with van der Waals surface area (Å²) < 4.78 is 45.1. The molecular weight excluding hydrogens is 204 g/mol. The lowest BCUT2D eigenvalue weighted by Gasteiger charge is -2.12. The monoisotopic (exact) mass is 214 g/mol. The van der Waals surface area contributed by atoms with Gasteiger partial charge in [-0.25, -0.2) is 22.0 Å². The molecule has 0 aliphatic heterocycles. The maximum atomic E-state index is 10.8. The zero-order chi connectivity index (χ0) is 9.62. The predicted molar refractivity (Wildman–Crippen MR) is 43.1 cm³/mol. The maximum Gasteiger partial charge on any atom is 0.229 e. The van der Waals surface area contributed by atoms with E-state index in [2.05, 4.69) is 0 Å². The van der Waals surface area contributed by atoms with E-state index in [-0.39, 0.29) is 12.8 Å². The first-order chi connectivity index (χ1) is 5.16. The van der Waals surface area contributed by atoms with Crippen molar-refractivity contribution in [2.45, 2.75) is 17.7 Å². The quantitative estimate of drug-likeness (QED) is 0.584. The molecule has 1 aliphatic rings. The van der Waals surface area contributed by atoms with Crippen molar-refractivity contribution in [3.63, 3.8) is 0 Å². The largest absolute Gasteiger partial charge is 0.229 e. The zero-order valence-electron chi connectivity index (χ0n) is 6.44. The fourth-order valence-corrected chi connectivity index (χ4v) is 3.37. The Kier molecular flexibility index (Phi) is 1.99. The number of rotatable bonds is 3. The van der Waals surface area contributed by atoms with Gasteiger partial charge in [-0.05, 0) is 12.8 Å². The molecule has 0 heterocycles. The normalized spacial score (nSPS) is 22.2. The van der Waals surface area contributed by atoms with E-state index in [4.69, 9.17) is 5.14 Å². The van der Waals surface area contributed by atoms with Gasteiger partial charge in [0.25, 0.3) is 0 Å². The van der Waals surface area contributed by atoms with Crippen LogP contribution in [0.4, 0.5) is 0 Å². The van der Waals surface area contributed by atoms with Crippen LogP contribution in [0.25, 0.3) is 0 Å². The summed E-state index contributed by atoms with van der Waals surface area (Å²) in [7, 11) is -7.33. The molecule has 0 saturated heterocycles. The number of nitrogens with one attached hydrogen (secondary N) is 1. The van der Waals surface area contributed by atoms with Gasteiger partial charge in [0.05, 0.1) is 6.26 Å². The lowest BCUT2D eigenvalue weighted by molar-refractivity contribution is 0.554. The van der Waals surface area contributed by atoms with Gasteiger partial charge in [-0.2, -0.15) is 4.72 Å². The van der Waals surface area contributed by atoms with E-state index in [1.807, 2.05) is 4.72 Å². The number of nitrogens with two attached hydrogens (primary N) is 1. The molecule has 1 aliphatic carbocycles. The van der Waals surface area contributed by atoms with E-state index in [9.17, 15) is 16.8 Å². The van der Waals surface area contributed by atoms with Crippen molar-refractivity contribution in [3.05, 3.63) is 0 Å². The van der Waals surface area contributed by atoms with E-state index < -0.39 is 24.9 Å². The van der Waals surface area contributed by atoms with Gasteiger partial charge in [0.15, 0.2) is 0 Å². The molecule has 72 valence electrons. The molecule has 0 radical (unpaired) electrons. The van der Waals surface area contributed by atoms with Crippen LogP contribution in [0.2, 0.25) is 0 Å². The van der Waals surface area contributed by atoms with E-state index in [0.717, 1.165) is 6.26 Å². The Morgan fingerprint density at radius 1 is 1.25 bits per heavy atom. The molecule has 12 heavy (non-hydrogen) atoms. The highest BCUT2D eigenvalue weighted by molar-refractivity contribution is 7.93. The molecule has 0 aromatic rings. The van der Waals surface area contributed by atoms with Crippen LogP contribution in [0, 0.1) is 0 Å². The van der Waals surface area contributed by atoms with Gasteiger partial charge < -0.3 is 0 Å². The molecule has 1 saturated carbocycles. The van der Waals surface area contributed by atoms with Gasteiger partial charge >= 0.3 is 0 Å². The third kappa shape index (κ3) is 1.94. The second kappa shape index (κ2) is 2.41. The molecule has 0 bridgehead atoms. The summed E-state index contributed by atoms with van der Waals surface area (Å²) in [5.74, 6) is 0. The van der Waals surface area contributed by atoms with Gasteiger partial charge in [0, 0.05) is 0 Å². The predicted octanol–water partition coefficient (Wildman–Crippen LogP) is -1.69. The molecule has 0 amide bonds. The molecule has 0 atom stereocenters. The Hall–Kier alpha value is -0.180. The Bertz CT molecular complexity index is 377. The molecule has 0 aromatic carbocycles. The minimum absolute atomic E-state index is 0.249. The van der Waals surface area contributed by atoms with Gasteiger partial charge in [0.1, 0.15) is 4.87 Å². The molecule has 0 unspecified atom stereocenters. The molecule has 0 aromatic heterocycles. The minimum Gasteiger partial charge on any atom is -0.227 e. The molecule has 0 spiro atoms.